The van der Waals surface area contributed by atoms with E-state index in [4.69, 9.17) is 0 Å². The molecule has 2 rings (SSSR count). The number of benzene rings is 1. The standard InChI is InChI=1S/C15H22BrN/c1-10-6-4-8-13(12(10)3)17-14-9-5-7-11(2)15(14)16/h5,7,9-10,12-13,17H,4,6,8H2,1-3H3. The average molecular weight is 296 g/mol. The van der Waals surface area contributed by atoms with Crippen molar-refractivity contribution in [2.45, 2.75) is 46.1 Å². The van der Waals surface area contributed by atoms with Crippen LogP contribution in [0.5, 0.6) is 0 Å². The van der Waals surface area contributed by atoms with E-state index in [1.54, 1.807) is 0 Å². The Bertz CT molecular complexity index is 389. The van der Waals surface area contributed by atoms with E-state index in [9.17, 15) is 0 Å². The van der Waals surface area contributed by atoms with Crippen molar-refractivity contribution in [2.75, 3.05) is 5.32 Å². The first-order valence-corrected chi connectivity index (χ1v) is 7.40. The minimum Gasteiger partial charge on any atom is -0.381 e. The first kappa shape index (κ1) is 12.9. The topological polar surface area (TPSA) is 12.0 Å². The number of halogens is 1. The Balaban J connectivity index is 2.12. The van der Waals surface area contributed by atoms with Crippen LogP contribution in [0.2, 0.25) is 0 Å². The molecule has 3 unspecified atom stereocenters. The van der Waals surface area contributed by atoms with Gasteiger partial charge in [0.05, 0.1) is 0 Å². The van der Waals surface area contributed by atoms with Crippen LogP contribution >= 0.6 is 15.9 Å². The van der Waals surface area contributed by atoms with E-state index >= 15 is 0 Å². The lowest BCUT2D eigenvalue weighted by molar-refractivity contribution is 0.253. The zero-order chi connectivity index (χ0) is 12.4. The first-order valence-electron chi connectivity index (χ1n) is 6.61. The normalized spacial score (nSPS) is 29.1. The molecule has 17 heavy (non-hydrogen) atoms. The molecule has 1 N–H and O–H groups in total. The summed E-state index contributed by atoms with van der Waals surface area (Å²) < 4.78 is 1.21. The fourth-order valence-electron chi connectivity index (χ4n) is 2.74. The van der Waals surface area contributed by atoms with Gasteiger partial charge in [-0.15, -0.1) is 0 Å². The zero-order valence-corrected chi connectivity index (χ0v) is 12.5. The van der Waals surface area contributed by atoms with Crippen molar-refractivity contribution in [2.24, 2.45) is 11.8 Å². The van der Waals surface area contributed by atoms with Crippen molar-refractivity contribution in [3.8, 4) is 0 Å². The highest BCUT2D eigenvalue weighted by Gasteiger charge is 2.27. The number of rotatable bonds is 2. The summed E-state index contributed by atoms with van der Waals surface area (Å²) in [6, 6.07) is 7.06. The molecule has 1 aliphatic rings. The molecule has 0 spiro atoms. The van der Waals surface area contributed by atoms with Crippen molar-refractivity contribution in [3.63, 3.8) is 0 Å². The van der Waals surface area contributed by atoms with Crippen molar-refractivity contribution >= 4 is 21.6 Å². The highest BCUT2D eigenvalue weighted by atomic mass is 79.9. The van der Waals surface area contributed by atoms with Gasteiger partial charge in [-0.3, -0.25) is 0 Å². The monoisotopic (exact) mass is 295 g/mol. The minimum atomic E-state index is 0.622. The van der Waals surface area contributed by atoms with E-state index in [0.29, 0.717) is 6.04 Å². The molecule has 0 heterocycles. The first-order chi connectivity index (χ1) is 8.09. The van der Waals surface area contributed by atoms with Crippen LogP contribution in [0, 0.1) is 18.8 Å². The van der Waals surface area contributed by atoms with Crippen LogP contribution in [0.4, 0.5) is 5.69 Å². The summed E-state index contributed by atoms with van der Waals surface area (Å²) in [5.41, 5.74) is 2.54. The maximum absolute atomic E-state index is 3.72. The number of anilines is 1. The number of hydrogen-bond donors (Lipinski definition) is 1. The maximum atomic E-state index is 3.72. The van der Waals surface area contributed by atoms with Crippen molar-refractivity contribution < 1.29 is 0 Å². The Labute approximate surface area is 113 Å². The second kappa shape index (κ2) is 5.43. The average Bonchev–Trinajstić information content (AvgIpc) is 2.31. The molecule has 1 aromatic rings. The second-order valence-corrected chi connectivity index (χ2v) is 6.25. The molecule has 1 saturated carbocycles. The van der Waals surface area contributed by atoms with E-state index in [0.717, 1.165) is 11.8 Å². The molecule has 0 saturated heterocycles. The SMILES string of the molecule is Cc1cccc(NC2CCCC(C)C2C)c1Br. The van der Waals surface area contributed by atoms with Crippen LogP contribution < -0.4 is 5.32 Å². The Morgan fingerprint density at radius 2 is 2.00 bits per heavy atom. The van der Waals surface area contributed by atoms with Gasteiger partial charge in [0.25, 0.3) is 0 Å². The van der Waals surface area contributed by atoms with Gasteiger partial charge in [-0.05, 0) is 52.7 Å². The van der Waals surface area contributed by atoms with E-state index in [1.165, 1.54) is 35.0 Å². The lowest BCUT2D eigenvalue weighted by atomic mass is 9.78. The van der Waals surface area contributed by atoms with Crippen LogP contribution in [0.1, 0.15) is 38.7 Å². The van der Waals surface area contributed by atoms with Gasteiger partial charge in [0.1, 0.15) is 0 Å². The number of aryl methyl sites for hydroxylation is 1. The van der Waals surface area contributed by atoms with Crippen LogP contribution in [0.15, 0.2) is 22.7 Å². The second-order valence-electron chi connectivity index (χ2n) is 5.45. The Morgan fingerprint density at radius 1 is 1.24 bits per heavy atom. The van der Waals surface area contributed by atoms with Crippen LogP contribution in [0.3, 0.4) is 0 Å². The molecule has 0 amide bonds. The third-order valence-corrected chi connectivity index (χ3v) is 5.29. The van der Waals surface area contributed by atoms with Crippen LogP contribution in [-0.2, 0) is 0 Å². The lowest BCUT2D eigenvalue weighted by Gasteiger charge is -2.35. The lowest BCUT2D eigenvalue weighted by Crippen LogP contribution is -2.35. The molecule has 2 heteroatoms. The van der Waals surface area contributed by atoms with Gasteiger partial charge in [0, 0.05) is 16.2 Å². The van der Waals surface area contributed by atoms with Gasteiger partial charge in [0.2, 0.25) is 0 Å². The molecule has 0 bridgehead atoms. The zero-order valence-electron chi connectivity index (χ0n) is 11.0. The molecule has 1 aromatic carbocycles. The fourth-order valence-corrected chi connectivity index (χ4v) is 3.12. The number of hydrogen-bond acceptors (Lipinski definition) is 1. The summed E-state index contributed by atoms with van der Waals surface area (Å²) in [7, 11) is 0. The van der Waals surface area contributed by atoms with Crippen LogP contribution in [0.25, 0.3) is 0 Å². The minimum absolute atomic E-state index is 0.622. The van der Waals surface area contributed by atoms with Gasteiger partial charge >= 0.3 is 0 Å². The van der Waals surface area contributed by atoms with Crippen molar-refractivity contribution in [3.05, 3.63) is 28.2 Å². The molecular formula is C15H22BrN. The smallest absolute Gasteiger partial charge is 0.0489 e. The quantitative estimate of drug-likeness (QED) is 0.810. The van der Waals surface area contributed by atoms with Gasteiger partial charge in [0.15, 0.2) is 0 Å². The van der Waals surface area contributed by atoms with Crippen molar-refractivity contribution in [1.29, 1.82) is 0 Å². The summed E-state index contributed by atoms with van der Waals surface area (Å²) >= 11 is 3.68. The van der Waals surface area contributed by atoms with E-state index in [1.807, 2.05) is 0 Å². The Hall–Kier alpha value is -0.500. The summed E-state index contributed by atoms with van der Waals surface area (Å²) in [4.78, 5) is 0. The van der Waals surface area contributed by atoms with Crippen LogP contribution in [-0.4, -0.2) is 6.04 Å². The highest BCUT2D eigenvalue weighted by molar-refractivity contribution is 9.10. The molecule has 1 nitrogen and oxygen atoms in total. The molecule has 0 aromatic heterocycles. The summed E-state index contributed by atoms with van der Waals surface area (Å²) in [5, 5.41) is 3.72. The number of nitrogens with one attached hydrogen (secondary N) is 1. The molecule has 1 aliphatic carbocycles. The summed E-state index contributed by atoms with van der Waals surface area (Å²) in [5.74, 6) is 1.60. The molecule has 94 valence electrons. The van der Waals surface area contributed by atoms with E-state index < -0.39 is 0 Å². The van der Waals surface area contributed by atoms with Gasteiger partial charge in [-0.1, -0.05) is 38.8 Å². The highest BCUT2D eigenvalue weighted by Crippen LogP contribution is 2.34. The third-order valence-electron chi connectivity index (χ3n) is 4.24. The fraction of sp³-hybridized carbons (Fsp3) is 0.600. The Morgan fingerprint density at radius 3 is 2.76 bits per heavy atom. The largest absolute Gasteiger partial charge is 0.381 e. The van der Waals surface area contributed by atoms with E-state index in [-0.39, 0.29) is 0 Å². The maximum Gasteiger partial charge on any atom is 0.0489 e. The van der Waals surface area contributed by atoms with E-state index in [2.05, 4.69) is 60.2 Å². The third kappa shape index (κ3) is 2.85. The molecule has 3 atom stereocenters. The molecule has 0 radical (unpaired) electrons. The van der Waals surface area contributed by atoms with Gasteiger partial charge < -0.3 is 5.32 Å². The molecule has 1 fully saturated rings. The summed E-state index contributed by atoms with van der Waals surface area (Å²) in [6.07, 6.45) is 4.03. The van der Waals surface area contributed by atoms with Gasteiger partial charge in [-0.25, -0.2) is 0 Å². The summed E-state index contributed by atoms with van der Waals surface area (Å²) in [6.45, 7) is 6.90. The Kier molecular flexibility index (Phi) is 4.13. The molecule has 0 aliphatic heterocycles. The van der Waals surface area contributed by atoms with Gasteiger partial charge in [-0.2, -0.15) is 0 Å². The predicted molar refractivity (Wildman–Crippen MR) is 78.5 cm³/mol. The molecular weight excluding hydrogens is 274 g/mol. The van der Waals surface area contributed by atoms with Crippen molar-refractivity contribution in [1.82, 2.24) is 0 Å². The predicted octanol–water partition coefficient (Wildman–Crippen LogP) is 4.99.